The predicted octanol–water partition coefficient (Wildman–Crippen LogP) is 2.81. The minimum atomic E-state index is -0.700. The minimum absolute atomic E-state index is 0.0141. The second-order valence-electron chi connectivity index (χ2n) is 6.31. The van der Waals surface area contributed by atoms with Crippen LogP contribution < -0.4 is 10.9 Å². The predicted molar refractivity (Wildman–Crippen MR) is 106 cm³/mol. The number of nitrogens with one attached hydrogen (secondary N) is 2. The largest absolute Gasteiger partial charge is 0.285 e. The number of amides is 1. The average molecular weight is 396 g/mol. The first-order valence-corrected chi connectivity index (χ1v) is 8.54. The molecule has 3 rings (SSSR count). The van der Waals surface area contributed by atoms with Gasteiger partial charge in [-0.3, -0.25) is 30.4 Å². The van der Waals surface area contributed by atoms with Gasteiger partial charge < -0.3 is 0 Å². The maximum Gasteiger partial charge on any atom is 0.285 e. The quantitative estimate of drug-likeness (QED) is 0.435. The number of hydrogen-bond donors (Lipinski definition) is 2. The Hall–Kier alpha value is -4.15. The van der Waals surface area contributed by atoms with Gasteiger partial charge in [0.1, 0.15) is 5.56 Å². The number of nitro groups is 2. The fourth-order valence-corrected chi connectivity index (χ4v) is 2.88. The zero-order valence-corrected chi connectivity index (χ0v) is 15.2. The number of nitro benzene ring substituents is 2. The van der Waals surface area contributed by atoms with Crippen LogP contribution in [0.5, 0.6) is 0 Å². The lowest BCUT2D eigenvalue weighted by atomic mass is 9.94. The number of benzene rings is 2. The molecule has 2 aromatic carbocycles. The van der Waals surface area contributed by atoms with Gasteiger partial charge in [0, 0.05) is 24.5 Å². The van der Waals surface area contributed by atoms with Crippen molar-refractivity contribution in [2.75, 3.05) is 5.43 Å². The molecule has 0 saturated heterocycles. The fourth-order valence-electron chi connectivity index (χ4n) is 2.88. The molecule has 2 N–H and O–H groups in total. The topological polar surface area (TPSA) is 152 Å². The van der Waals surface area contributed by atoms with E-state index in [1.54, 1.807) is 24.3 Å². The molecule has 1 atom stereocenters. The van der Waals surface area contributed by atoms with Gasteiger partial charge in [-0.15, -0.1) is 0 Å². The van der Waals surface area contributed by atoms with E-state index >= 15 is 0 Å². The Morgan fingerprint density at radius 3 is 2.31 bits per heavy atom. The monoisotopic (exact) mass is 396 g/mol. The summed E-state index contributed by atoms with van der Waals surface area (Å²) in [7, 11) is 0. The normalized spacial score (nSPS) is 16.2. The first kappa shape index (κ1) is 19.6. The van der Waals surface area contributed by atoms with Crippen LogP contribution in [0.2, 0.25) is 0 Å². The highest BCUT2D eigenvalue weighted by Gasteiger charge is 2.23. The van der Waals surface area contributed by atoms with Crippen LogP contribution in [0.15, 0.2) is 52.7 Å². The molecular formula is C18H16N6O5. The second kappa shape index (κ2) is 8.25. The zero-order valence-electron chi connectivity index (χ0n) is 15.2. The smallest absolute Gasteiger partial charge is 0.278 e. The lowest BCUT2D eigenvalue weighted by molar-refractivity contribution is -0.394. The van der Waals surface area contributed by atoms with Gasteiger partial charge in [-0.25, -0.2) is 5.43 Å². The molecule has 29 heavy (non-hydrogen) atoms. The second-order valence-corrected chi connectivity index (χ2v) is 6.31. The molecule has 11 nitrogen and oxygen atoms in total. The van der Waals surface area contributed by atoms with Crippen molar-refractivity contribution in [3.63, 3.8) is 0 Å². The summed E-state index contributed by atoms with van der Waals surface area (Å²) in [4.78, 5) is 32.2. The van der Waals surface area contributed by atoms with Gasteiger partial charge >= 0.3 is 0 Å². The molecule has 11 heteroatoms. The van der Waals surface area contributed by atoms with Crippen LogP contribution in [0.1, 0.15) is 24.5 Å². The van der Waals surface area contributed by atoms with Crippen molar-refractivity contribution in [1.29, 1.82) is 0 Å². The molecule has 0 aromatic heterocycles. The van der Waals surface area contributed by atoms with E-state index in [9.17, 15) is 25.0 Å². The maximum atomic E-state index is 11.3. The number of carbonyl (C=O) groups excluding carboxylic acids is 1. The molecule has 1 amide bonds. The van der Waals surface area contributed by atoms with Crippen LogP contribution >= 0.6 is 0 Å². The molecule has 1 unspecified atom stereocenters. The third kappa shape index (κ3) is 4.40. The van der Waals surface area contributed by atoms with Crippen LogP contribution in [0.4, 0.5) is 17.1 Å². The van der Waals surface area contributed by atoms with Gasteiger partial charge in [0.2, 0.25) is 5.91 Å². The van der Waals surface area contributed by atoms with Crippen LogP contribution in [0.3, 0.4) is 0 Å². The number of rotatable bonds is 6. The standard InChI is InChI=1S/C18H16N6O5/c1-11-9-17(25)21-22-18(11)12-5-7-13(8-6-12)20-19-10-14-15(23(26)27)3-2-4-16(14)24(28)29/h2-8,10-11,20H,9H2,1H3,(H,21,25)/b19-10+. The molecule has 1 aliphatic rings. The summed E-state index contributed by atoms with van der Waals surface area (Å²) < 4.78 is 0. The molecular weight excluding hydrogens is 380 g/mol. The Morgan fingerprint density at radius 2 is 1.76 bits per heavy atom. The van der Waals surface area contributed by atoms with Gasteiger partial charge in [-0.05, 0) is 23.8 Å². The van der Waals surface area contributed by atoms with Gasteiger partial charge in [-0.1, -0.05) is 19.1 Å². The van der Waals surface area contributed by atoms with Crippen LogP contribution in [0, 0.1) is 26.1 Å². The van der Waals surface area contributed by atoms with Crippen molar-refractivity contribution in [1.82, 2.24) is 5.43 Å². The Morgan fingerprint density at radius 1 is 1.14 bits per heavy atom. The summed E-state index contributed by atoms with van der Waals surface area (Å²) in [5.41, 5.74) is 6.29. The highest BCUT2D eigenvalue weighted by molar-refractivity contribution is 6.05. The van der Waals surface area contributed by atoms with E-state index in [1.807, 2.05) is 6.92 Å². The molecule has 0 bridgehead atoms. The van der Waals surface area contributed by atoms with Crippen molar-refractivity contribution in [3.05, 3.63) is 73.8 Å². The molecule has 148 valence electrons. The Kier molecular flexibility index (Phi) is 5.58. The van der Waals surface area contributed by atoms with Crippen LogP contribution in [-0.4, -0.2) is 27.7 Å². The van der Waals surface area contributed by atoms with E-state index in [2.05, 4.69) is 21.1 Å². The summed E-state index contributed by atoms with van der Waals surface area (Å²) >= 11 is 0. The van der Waals surface area contributed by atoms with Gasteiger partial charge in [-0.2, -0.15) is 10.2 Å². The van der Waals surface area contributed by atoms with Gasteiger partial charge in [0.25, 0.3) is 11.4 Å². The average Bonchev–Trinajstić information content (AvgIpc) is 2.68. The van der Waals surface area contributed by atoms with Crippen molar-refractivity contribution >= 4 is 34.9 Å². The first-order chi connectivity index (χ1) is 13.9. The van der Waals surface area contributed by atoms with E-state index < -0.39 is 21.2 Å². The van der Waals surface area contributed by atoms with E-state index in [-0.39, 0.29) is 17.4 Å². The summed E-state index contributed by atoms with van der Waals surface area (Å²) in [6.45, 7) is 1.91. The van der Waals surface area contributed by atoms with Crippen molar-refractivity contribution in [2.24, 2.45) is 16.1 Å². The molecule has 1 aliphatic heterocycles. The number of carbonyl (C=O) groups is 1. The van der Waals surface area contributed by atoms with Crippen molar-refractivity contribution < 1.29 is 14.6 Å². The third-order valence-electron chi connectivity index (χ3n) is 4.28. The molecule has 2 aromatic rings. The summed E-state index contributed by atoms with van der Waals surface area (Å²) in [6.07, 6.45) is 1.41. The molecule has 0 spiro atoms. The van der Waals surface area contributed by atoms with E-state index in [0.29, 0.717) is 12.1 Å². The molecule has 0 radical (unpaired) electrons. The lowest BCUT2D eigenvalue weighted by Crippen LogP contribution is -2.31. The first-order valence-electron chi connectivity index (χ1n) is 8.54. The number of nitrogens with zero attached hydrogens (tertiary/aromatic N) is 4. The van der Waals surface area contributed by atoms with Crippen LogP contribution in [0.25, 0.3) is 0 Å². The molecule has 0 fully saturated rings. The van der Waals surface area contributed by atoms with Gasteiger partial charge in [0.05, 0.1) is 27.5 Å². The Bertz CT molecular complexity index is 999. The van der Waals surface area contributed by atoms with Crippen molar-refractivity contribution in [2.45, 2.75) is 13.3 Å². The Balaban J connectivity index is 1.77. The Labute approximate surface area is 164 Å². The van der Waals surface area contributed by atoms with Crippen molar-refractivity contribution in [3.8, 4) is 0 Å². The number of anilines is 1. The van der Waals surface area contributed by atoms with Gasteiger partial charge in [0.15, 0.2) is 0 Å². The molecule has 0 aliphatic carbocycles. The third-order valence-corrected chi connectivity index (χ3v) is 4.28. The lowest BCUT2D eigenvalue weighted by Gasteiger charge is -2.19. The highest BCUT2D eigenvalue weighted by atomic mass is 16.6. The fraction of sp³-hybridized carbons (Fsp3) is 0.167. The summed E-state index contributed by atoms with van der Waals surface area (Å²) in [5, 5.41) is 30.2. The molecule has 0 saturated carbocycles. The van der Waals surface area contributed by atoms with E-state index in [0.717, 1.165) is 17.5 Å². The number of hydrazone groups is 2. The summed E-state index contributed by atoms with van der Waals surface area (Å²) in [5.74, 6) is -0.141. The van der Waals surface area contributed by atoms with E-state index in [1.165, 1.54) is 18.2 Å². The molecule has 1 heterocycles. The van der Waals surface area contributed by atoms with E-state index in [4.69, 9.17) is 0 Å². The minimum Gasteiger partial charge on any atom is -0.278 e. The summed E-state index contributed by atoms with van der Waals surface area (Å²) in [6, 6.07) is 10.6. The highest BCUT2D eigenvalue weighted by Crippen LogP contribution is 2.26. The van der Waals surface area contributed by atoms with Crippen LogP contribution in [-0.2, 0) is 4.79 Å². The zero-order chi connectivity index (χ0) is 21.0. The number of hydrogen-bond acceptors (Lipinski definition) is 8. The maximum absolute atomic E-state index is 11.3. The SMILES string of the molecule is CC1CC(=O)NN=C1c1ccc(N/N=C/c2c([N+](=O)[O-])cccc2[N+](=O)[O-])cc1.